The maximum Gasteiger partial charge on any atom is 0.226 e. The van der Waals surface area contributed by atoms with Crippen molar-refractivity contribution in [2.24, 2.45) is 17.1 Å². The Kier molecular flexibility index (Phi) is 4.14. The summed E-state index contributed by atoms with van der Waals surface area (Å²) in [5, 5.41) is 0. The van der Waals surface area contributed by atoms with Crippen molar-refractivity contribution in [2.45, 2.75) is 40.0 Å². The summed E-state index contributed by atoms with van der Waals surface area (Å²) in [5.41, 5.74) is 6.00. The Morgan fingerprint density at radius 1 is 1.40 bits per heavy atom. The number of carbonyl (C=O) groups excluding carboxylic acids is 1. The summed E-state index contributed by atoms with van der Waals surface area (Å²) in [7, 11) is 0. The van der Waals surface area contributed by atoms with E-state index in [1.165, 1.54) is 0 Å². The van der Waals surface area contributed by atoms with Crippen molar-refractivity contribution in [1.29, 1.82) is 0 Å². The topological polar surface area (TPSA) is 46.3 Å². The third-order valence-corrected chi connectivity index (χ3v) is 3.56. The summed E-state index contributed by atoms with van der Waals surface area (Å²) in [5.74, 6) is 0.293. The molecule has 3 nitrogen and oxygen atoms in total. The summed E-state index contributed by atoms with van der Waals surface area (Å²) >= 11 is 0. The molecule has 0 radical (unpaired) electrons. The number of piperidine rings is 1. The van der Waals surface area contributed by atoms with E-state index < -0.39 is 0 Å². The molecule has 0 spiro atoms. The van der Waals surface area contributed by atoms with E-state index in [4.69, 9.17) is 5.73 Å². The second-order valence-corrected chi connectivity index (χ2v) is 5.33. The summed E-state index contributed by atoms with van der Waals surface area (Å²) in [6.45, 7) is 8.87. The zero-order valence-electron chi connectivity index (χ0n) is 10.3. The number of hydrogen-bond donors (Lipinski definition) is 1. The molecule has 2 N–H and O–H groups in total. The van der Waals surface area contributed by atoms with Gasteiger partial charge in [-0.05, 0) is 24.7 Å². The molecule has 15 heavy (non-hydrogen) atoms. The second-order valence-electron chi connectivity index (χ2n) is 5.33. The van der Waals surface area contributed by atoms with Gasteiger partial charge in [0.05, 0.1) is 5.92 Å². The first-order chi connectivity index (χ1) is 7.00. The van der Waals surface area contributed by atoms with Crippen LogP contribution in [-0.4, -0.2) is 30.4 Å². The summed E-state index contributed by atoms with van der Waals surface area (Å²) in [4.78, 5) is 14.0. The molecule has 88 valence electrons. The van der Waals surface area contributed by atoms with Crippen LogP contribution in [0, 0.1) is 11.3 Å². The molecule has 1 unspecified atom stereocenters. The van der Waals surface area contributed by atoms with Gasteiger partial charge in [0.15, 0.2) is 0 Å². The van der Waals surface area contributed by atoms with Gasteiger partial charge in [-0.15, -0.1) is 0 Å². The van der Waals surface area contributed by atoms with Gasteiger partial charge in [0.25, 0.3) is 0 Å². The van der Waals surface area contributed by atoms with Gasteiger partial charge in [0, 0.05) is 19.6 Å². The Morgan fingerprint density at radius 2 is 1.93 bits per heavy atom. The number of likely N-dealkylation sites (tertiary alicyclic amines) is 1. The lowest BCUT2D eigenvalue weighted by molar-refractivity contribution is -0.137. The Hall–Kier alpha value is -0.570. The number of nitrogens with zero attached hydrogens (tertiary/aromatic N) is 1. The average Bonchev–Trinajstić information content (AvgIpc) is 2.19. The molecule has 1 fully saturated rings. The predicted molar refractivity (Wildman–Crippen MR) is 62.4 cm³/mol. The maximum absolute atomic E-state index is 12.0. The summed E-state index contributed by atoms with van der Waals surface area (Å²) < 4.78 is 0. The highest BCUT2D eigenvalue weighted by Gasteiger charge is 2.29. The SMILES string of the molecule is CCC(CN)C(=O)N1CCC(C)(C)CC1. The van der Waals surface area contributed by atoms with Crippen molar-refractivity contribution in [3.8, 4) is 0 Å². The molecule has 0 aromatic heterocycles. The van der Waals surface area contributed by atoms with E-state index in [2.05, 4.69) is 13.8 Å². The number of nitrogens with two attached hydrogens (primary N) is 1. The maximum atomic E-state index is 12.0. The van der Waals surface area contributed by atoms with Crippen LogP contribution >= 0.6 is 0 Å². The van der Waals surface area contributed by atoms with Gasteiger partial charge in [-0.2, -0.15) is 0 Å². The molecule has 0 saturated carbocycles. The third kappa shape index (κ3) is 3.20. The summed E-state index contributed by atoms with van der Waals surface area (Å²) in [6, 6.07) is 0. The minimum atomic E-state index is 0.0335. The lowest BCUT2D eigenvalue weighted by atomic mass is 9.82. The van der Waals surface area contributed by atoms with E-state index in [0.29, 0.717) is 12.0 Å². The van der Waals surface area contributed by atoms with Crippen LogP contribution in [0.25, 0.3) is 0 Å². The van der Waals surface area contributed by atoms with Gasteiger partial charge in [-0.1, -0.05) is 20.8 Å². The number of carbonyl (C=O) groups is 1. The van der Waals surface area contributed by atoms with E-state index >= 15 is 0 Å². The third-order valence-electron chi connectivity index (χ3n) is 3.56. The van der Waals surface area contributed by atoms with Gasteiger partial charge >= 0.3 is 0 Å². The molecule has 0 aliphatic carbocycles. The monoisotopic (exact) mass is 212 g/mol. The molecule has 1 heterocycles. The standard InChI is InChI=1S/C12H24N2O/c1-4-10(9-13)11(15)14-7-5-12(2,3)6-8-14/h10H,4-9,13H2,1-3H3. The van der Waals surface area contributed by atoms with E-state index in [-0.39, 0.29) is 11.8 Å². The lowest BCUT2D eigenvalue weighted by Gasteiger charge is -2.38. The zero-order chi connectivity index (χ0) is 11.5. The molecule has 0 aromatic rings. The van der Waals surface area contributed by atoms with Crippen LogP contribution in [-0.2, 0) is 4.79 Å². The first-order valence-electron chi connectivity index (χ1n) is 5.99. The molecular formula is C12H24N2O. The van der Waals surface area contributed by atoms with E-state index in [0.717, 1.165) is 32.4 Å². The highest BCUT2D eigenvalue weighted by atomic mass is 16.2. The highest BCUT2D eigenvalue weighted by molar-refractivity contribution is 5.79. The van der Waals surface area contributed by atoms with Crippen molar-refractivity contribution in [2.75, 3.05) is 19.6 Å². The molecular weight excluding hydrogens is 188 g/mol. The van der Waals surface area contributed by atoms with Gasteiger partial charge in [0.2, 0.25) is 5.91 Å². The largest absolute Gasteiger partial charge is 0.342 e. The number of rotatable bonds is 3. The molecule has 0 bridgehead atoms. The van der Waals surface area contributed by atoms with E-state index in [1.807, 2.05) is 11.8 Å². The van der Waals surface area contributed by atoms with Crippen LogP contribution in [0.5, 0.6) is 0 Å². The molecule has 1 rings (SSSR count). The predicted octanol–water partition coefficient (Wildman–Crippen LogP) is 1.62. The van der Waals surface area contributed by atoms with Crippen molar-refractivity contribution >= 4 is 5.91 Å². The molecule has 0 aromatic carbocycles. The first kappa shape index (κ1) is 12.5. The fraction of sp³-hybridized carbons (Fsp3) is 0.917. The molecule has 1 amide bonds. The normalized spacial score (nSPS) is 22.5. The average molecular weight is 212 g/mol. The lowest BCUT2D eigenvalue weighted by Crippen LogP contribution is -2.45. The van der Waals surface area contributed by atoms with Crippen LogP contribution in [0.15, 0.2) is 0 Å². The quantitative estimate of drug-likeness (QED) is 0.772. The highest BCUT2D eigenvalue weighted by Crippen LogP contribution is 2.30. The second kappa shape index (κ2) is 4.97. The van der Waals surface area contributed by atoms with E-state index in [9.17, 15) is 4.79 Å². The zero-order valence-corrected chi connectivity index (χ0v) is 10.3. The van der Waals surface area contributed by atoms with E-state index in [1.54, 1.807) is 0 Å². The van der Waals surface area contributed by atoms with Crippen LogP contribution in [0.1, 0.15) is 40.0 Å². The van der Waals surface area contributed by atoms with Gasteiger partial charge in [0.1, 0.15) is 0 Å². The van der Waals surface area contributed by atoms with Crippen molar-refractivity contribution in [1.82, 2.24) is 4.90 Å². The van der Waals surface area contributed by atoms with Gasteiger partial charge in [-0.25, -0.2) is 0 Å². The minimum absolute atomic E-state index is 0.0335. The minimum Gasteiger partial charge on any atom is -0.342 e. The summed E-state index contributed by atoms with van der Waals surface area (Å²) in [6.07, 6.45) is 3.08. The molecule has 1 saturated heterocycles. The van der Waals surface area contributed by atoms with Crippen LogP contribution < -0.4 is 5.73 Å². The first-order valence-corrected chi connectivity index (χ1v) is 5.99. The van der Waals surface area contributed by atoms with Crippen LogP contribution in [0.4, 0.5) is 0 Å². The number of hydrogen-bond acceptors (Lipinski definition) is 2. The fourth-order valence-corrected chi connectivity index (χ4v) is 2.03. The number of amides is 1. The van der Waals surface area contributed by atoms with Crippen LogP contribution in [0.3, 0.4) is 0 Å². The Labute approximate surface area is 93.0 Å². The Balaban J connectivity index is 2.49. The van der Waals surface area contributed by atoms with Gasteiger partial charge in [-0.3, -0.25) is 4.79 Å². The molecule has 1 aliphatic heterocycles. The fourth-order valence-electron chi connectivity index (χ4n) is 2.03. The van der Waals surface area contributed by atoms with Crippen molar-refractivity contribution in [3.63, 3.8) is 0 Å². The Bertz CT molecular complexity index is 212. The van der Waals surface area contributed by atoms with Crippen molar-refractivity contribution in [3.05, 3.63) is 0 Å². The van der Waals surface area contributed by atoms with Gasteiger partial charge < -0.3 is 10.6 Å². The molecule has 1 atom stereocenters. The van der Waals surface area contributed by atoms with Crippen LogP contribution in [0.2, 0.25) is 0 Å². The molecule has 1 aliphatic rings. The van der Waals surface area contributed by atoms with Crippen molar-refractivity contribution < 1.29 is 4.79 Å². The molecule has 3 heteroatoms. The smallest absolute Gasteiger partial charge is 0.226 e. The Morgan fingerprint density at radius 3 is 2.33 bits per heavy atom.